The molecule has 0 bridgehead atoms. The molecule has 0 amide bonds. The van der Waals surface area contributed by atoms with E-state index in [0.29, 0.717) is 5.92 Å². The van der Waals surface area contributed by atoms with Crippen molar-refractivity contribution >= 4 is 34.1 Å². The number of hydrogen-bond acceptors (Lipinski definition) is 3. The topological polar surface area (TPSA) is 9.72 Å². The Kier molecular flexibility index (Phi) is 12.2. The maximum Gasteiger partial charge on any atom is 0.0727 e. The summed E-state index contributed by atoms with van der Waals surface area (Å²) >= 11 is 0. The third kappa shape index (κ3) is 8.10. The second-order valence-electron chi connectivity index (χ2n) is 22.0. The molecule has 79 heavy (non-hydrogen) atoms. The van der Waals surface area contributed by atoms with Crippen LogP contribution in [0.2, 0.25) is 0 Å². The molecule has 0 saturated heterocycles. The number of rotatable bonds is 12. The Bertz CT molecular complexity index is 3860. The third-order valence-electron chi connectivity index (χ3n) is 17.5. The van der Waals surface area contributed by atoms with Gasteiger partial charge in [0.1, 0.15) is 0 Å². The van der Waals surface area contributed by atoms with E-state index in [1.165, 1.54) is 78.3 Å². The molecule has 1 spiro atoms. The van der Waals surface area contributed by atoms with Crippen LogP contribution < -0.4 is 14.7 Å². The molecule has 0 saturated carbocycles. The lowest BCUT2D eigenvalue weighted by atomic mass is 9.67. The first-order chi connectivity index (χ1) is 39.0. The van der Waals surface area contributed by atoms with E-state index in [1.54, 1.807) is 0 Å². The SMILES string of the molecule is CC1C=CC(N(c2ccc3c(c2)C2(c4cc(N(C5=CC=CCC5)c5ccccc5)ccc4-3)c3cc(N(c4ccccc4)c4ccccc4)ccc3-c3ccc(C(C)(c4ccccc4)c4ccccc4)cc32)C2C=CC=CC2)=CC1. The number of benzene rings is 9. The van der Waals surface area contributed by atoms with Crippen LogP contribution in [-0.4, -0.2) is 6.04 Å². The molecule has 0 radical (unpaired) electrons. The van der Waals surface area contributed by atoms with Crippen LogP contribution in [0.4, 0.5) is 34.1 Å². The summed E-state index contributed by atoms with van der Waals surface area (Å²) in [5, 5.41) is 0. The van der Waals surface area contributed by atoms with E-state index in [0.717, 1.165) is 54.1 Å². The maximum absolute atomic E-state index is 2.61. The van der Waals surface area contributed by atoms with Crippen LogP contribution in [0.3, 0.4) is 0 Å². The molecular formula is C76H63N3. The summed E-state index contributed by atoms with van der Waals surface area (Å²) in [6.07, 6.45) is 27.1. The van der Waals surface area contributed by atoms with Crippen LogP contribution in [0.25, 0.3) is 22.3 Å². The quantitative estimate of drug-likeness (QED) is 0.113. The fourth-order valence-electron chi connectivity index (χ4n) is 13.6. The van der Waals surface area contributed by atoms with Crippen LogP contribution in [-0.2, 0) is 10.8 Å². The highest BCUT2D eigenvalue weighted by Gasteiger charge is 2.53. The first-order valence-electron chi connectivity index (χ1n) is 28.3. The van der Waals surface area contributed by atoms with Gasteiger partial charge >= 0.3 is 0 Å². The molecule has 3 unspecified atom stereocenters. The van der Waals surface area contributed by atoms with Gasteiger partial charge in [0.25, 0.3) is 0 Å². The average molecular weight is 1020 g/mol. The second kappa shape index (κ2) is 20.0. The van der Waals surface area contributed by atoms with Crippen molar-refractivity contribution in [3.05, 3.63) is 336 Å². The van der Waals surface area contributed by atoms with E-state index >= 15 is 0 Å². The molecule has 5 aliphatic rings. The second-order valence-corrected chi connectivity index (χ2v) is 22.0. The Labute approximate surface area is 466 Å². The maximum atomic E-state index is 2.61. The number of hydrogen-bond donors (Lipinski definition) is 0. The van der Waals surface area contributed by atoms with Gasteiger partial charge in [0, 0.05) is 50.9 Å². The molecule has 0 N–H and O–H groups in total. The lowest BCUT2D eigenvalue weighted by Gasteiger charge is -2.37. The van der Waals surface area contributed by atoms with E-state index in [-0.39, 0.29) is 6.04 Å². The molecule has 0 aliphatic heterocycles. The van der Waals surface area contributed by atoms with Crippen molar-refractivity contribution in [2.75, 3.05) is 14.7 Å². The lowest BCUT2D eigenvalue weighted by molar-refractivity contribution is 0.687. The van der Waals surface area contributed by atoms with Gasteiger partial charge in [0.2, 0.25) is 0 Å². The van der Waals surface area contributed by atoms with E-state index < -0.39 is 10.8 Å². The van der Waals surface area contributed by atoms with Gasteiger partial charge in [-0.1, -0.05) is 207 Å². The highest BCUT2D eigenvalue weighted by atomic mass is 15.2. The third-order valence-corrected chi connectivity index (χ3v) is 17.5. The molecule has 0 heterocycles. The van der Waals surface area contributed by atoms with Gasteiger partial charge in [0.05, 0.1) is 11.5 Å². The minimum Gasteiger partial charge on any atom is -0.335 e. The van der Waals surface area contributed by atoms with Gasteiger partial charge in [-0.3, -0.25) is 0 Å². The van der Waals surface area contributed by atoms with Crippen LogP contribution in [0, 0.1) is 5.92 Å². The summed E-state index contributed by atoms with van der Waals surface area (Å²) < 4.78 is 0. The summed E-state index contributed by atoms with van der Waals surface area (Å²) in [4.78, 5) is 7.56. The zero-order valence-corrected chi connectivity index (χ0v) is 45.0. The zero-order valence-electron chi connectivity index (χ0n) is 45.0. The summed E-state index contributed by atoms with van der Waals surface area (Å²) in [6, 6.07) is 84.8. The fraction of sp³-hybridized carbons (Fsp3) is 0.132. The van der Waals surface area contributed by atoms with Crippen LogP contribution in [0.1, 0.15) is 78.5 Å². The van der Waals surface area contributed by atoms with Crippen LogP contribution in [0.15, 0.2) is 297 Å². The monoisotopic (exact) mass is 1020 g/mol. The Hall–Kier alpha value is -9.18. The summed E-state index contributed by atoms with van der Waals surface area (Å²) in [6.45, 7) is 4.74. The molecule has 0 aromatic heterocycles. The van der Waals surface area contributed by atoms with E-state index in [1.807, 2.05) is 0 Å². The van der Waals surface area contributed by atoms with Gasteiger partial charge in [-0.25, -0.2) is 0 Å². The standard InChI is InChI=1S/C76H63N3/c1-54-38-41-63(42-39-54)79(62-36-22-9-23-37-62)66-45-49-70-69-48-44-65(78(60-32-18-7-19-33-60)61-34-20-8-21-35-61)52-73(69)76(74(70)53-66)71-50-57(75(2,55-24-10-3-11-25-55)56-26-12-4-13-27-56)40-46-67(71)68-47-43-64(51-72(68)76)77(58-28-14-5-15-29-58)59-30-16-6-17-31-59/h3-20,22-34,36,38,40-54,62H,21,35,37,39H2,1-2H3. The highest BCUT2D eigenvalue weighted by molar-refractivity contribution is 5.98. The van der Waals surface area contributed by atoms with E-state index in [2.05, 4.69) is 314 Å². The number of fused-ring (bicyclic) bond motifs is 10. The average Bonchev–Trinajstić information content (AvgIpc) is 2.89. The molecule has 3 atom stereocenters. The number of para-hydroxylation sites is 3. The van der Waals surface area contributed by atoms with Crippen molar-refractivity contribution < 1.29 is 0 Å². The van der Waals surface area contributed by atoms with Crippen molar-refractivity contribution in [2.45, 2.75) is 56.4 Å². The largest absolute Gasteiger partial charge is 0.335 e. The van der Waals surface area contributed by atoms with Gasteiger partial charge in [-0.2, -0.15) is 0 Å². The molecule has 9 aromatic carbocycles. The Morgan fingerprint density at radius 2 is 0.924 bits per heavy atom. The normalized spacial score (nSPS) is 18.3. The lowest BCUT2D eigenvalue weighted by Crippen LogP contribution is -2.34. The van der Waals surface area contributed by atoms with Crippen molar-refractivity contribution in [1.29, 1.82) is 0 Å². The molecule has 0 fully saturated rings. The van der Waals surface area contributed by atoms with Crippen molar-refractivity contribution in [3.63, 3.8) is 0 Å². The Balaban J connectivity index is 1.10. The van der Waals surface area contributed by atoms with Gasteiger partial charge in [-0.05, 0) is 185 Å². The predicted molar refractivity (Wildman–Crippen MR) is 331 cm³/mol. The van der Waals surface area contributed by atoms with Gasteiger partial charge < -0.3 is 14.7 Å². The number of allylic oxidation sites excluding steroid dienone is 9. The van der Waals surface area contributed by atoms with Crippen LogP contribution in [0.5, 0.6) is 0 Å². The van der Waals surface area contributed by atoms with Gasteiger partial charge in [-0.15, -0.1) is 0 Å². The fourth-order valence-corrected chi connectivity index (χ4v) is 13.6. The number of anilines is 6. The number of nitrogens with zero attached hydrogens (tertiary/aromatic N) is 3. The first kappa shape index (κ1) is 48.2. The molecular weight excluding hydrogens is 955 g/mol. The molecule has 3 heteroatoms. The molecule has 9 aromatic rings. The molecule has 382 valence electrons. The van der Waals surface area contributed by atoms with Gasteiger partial charge in [0.15, 0.2) is 0 Å². The molecule has 14 rings (SSSR count). The Morgan fingerprint density at radius 1 is 0.430 bits per heavy atom. The summed E-state index contributed by atoms with van der Waals surface area (Å²) in [5.74, 6) is 0.494. The van der Waals surface area contributed by atoms with Crippen LogP contribution >= 0.6 is 0 Å². The molecule has 3 nitrogen and oxygen atoms in total. The summed E-state index contributed by atoms with van der Waals surface area (Å²) in [5.41, 5.74) is 22.1. The first-order valence-corrected chi connectivity index (χ1v) is 28.3. The Morgan fingerprint density at radius 3 is 1.43 bits per heavy atom. The van der Waals surface area contributed by atoms with Crippen molar-refractivity contribution in [3.8, 4) is 22.3 Å². The van der Waals surface area contributed by atoms with Crippen molar-refractivity contribution in [2.24, 2.45) is 5.92 Å². The van der Waals surface area contributed by atoms with Crippen molar-refractivity contribution in [1.82, 2.24) is 0 Å². The summed E-state index contributed by atoms with van der Waals surface area (Å²) in [7, 11) is 0. The smallest absolute Gasteiger partial charge is 0.0727 e. The highest BCUT2D eigenvalue weighted by Crippen LogP contribution is 2.65. The zero-order chi connectivity index (χ0) is 52.9. The minimum atomic E-state index is -0.761. The van der Waals surface area contributed by atoms with E-state index in [4.69, 9.17) is 0 Å². The predicted octanol–water partition coefficient (Wildman–Crippen LogP) is 19.4. The molecule has 5 aliphatic carbocycles. The van der Waals surface area contributed by atoms with E-state index in [9.17, 15) is 0 Å². The minimum absolute atomic E-state index is 0.153.